The summed E-state index contributed by atoms with van der Waals surface area (Å²) in [4.78, 5) is 29.8. The van der Waals surface area contributed by atoms with Gasteiger partial charge in [-0.15, -0.1) is 0 Å². The summed E-state index contributed by atoms with van der Waals surface area (Å²) in [6, 6.07) is 0.405. The predicted molar refractivity (Wildman–Crippen MR) is 73.7 cm³/mol. The Bertz CT molecular complexity index is 334. The summed E-state index contributed by atoms with van der Waals surface area (Å²) in [7, 11) is 0. The summed E-state index contributed by atoms with van der Waals surface area (Å²) in [5.74, 6) is 0.300. The van der Waals surface area contributed by atoms with Crippen LogP contribution in [0, 0.1) is 0 Å². The van der Waals surface area contributed by atoms with E-state index < -0.39 is 0 Å². The molecule has 0 aromatic carbocycles. The Morgan fingerprint density at radius 1 is 1.16 bits per heavy atom. The van der Waals surface area contributed by atoms with Crippen LogP contribution >= 0.6 is 0 Å². The Morgan fingerprint density at radius 3 is 2.26 bits per heavy atom. The van der Waals surface area contributed by atoms with Gasteiger partial charge in [0, 0.05) is 52.1 Å². The van der Waals surface area contributed by atoms with Crippen LogP contribution in [0.15, 0.2) is 0 Å². The molecule has 19 heavy (non-hydrogen) atoms. The molecule has 2 rings (SSSR count). The Balaban J connectivity index is 1.73. The lowest BCUT2D eigenvalue weighted by Crippen LogP contribution is -2.49. The van der Waals surface area contributed by atoms with Crippen molar-refractivity contribution in [3.8, 4) is 0 Å². The van der Waals surface area contributed by atoms with Crippen LogP contribution in [0.5, 0.6) is 0 Å². The number of piperazine rings is 1. The molecule has 0 radical (unpaired) electrons. The highest BCUT2D eigenvalue weighted by Crippen LogP contribution is 2.27. The van der Waals surface area contributed by atoms with E-state index in [4.69, 9.17) is 0 Å². The van der Waals surface area contributed by atoms with E-state index in [-0.39, 0.29) is 11.8 Å². The van der Waals surface area contributed by atoms with Gasteiger partial charge in [0.1, 0.15) is 0 Å². The van der Waals surface area contributed by atoms with Crippen molar-refractivity contribution in [2.45, 2.75) is 39.2 Å². The number of nitrogens with zero attached hydrogens (tertiary/aromatic N) is 3. The van der Waals surface area contributed by atoms with Gasteiger partial charge in [-0.25, -0.2) is 0 Å². The van der Waals surface area contributed by atoms with Gasteiger partial charge in [0.05, 0.1) is 0 Å². The monoisotopic (exact) mass is 267 g/mol. The Kier molecular flexibility index (Phi) is 4.80. The van der Waals surface area contributed by atoms with E-state index in [2.05, 4.69) is 11.8 Å². The molecule has 1 aliphatic carbocycles. The van der Waals surface area contributed by atoms with Gasteiger partial charge in [0.15, 0.2) is 0 Å². The van der Waals surface area contributed by atoms with Crippen LogP contribution in [0.25, 0.3) is 0 Å². The van der Waals surface area contributed by atoms with E-state index in [1.807, 2.05) is 9.80 Å². The van der Waals surface area contributed by atoms with Crippen molar-refractivity contribution in [3.05, 3.63) is 0 Å². The van der Waals surface area contributed by atoms with E-state index >= 15 is 0 Å². The van der Waals surface area contributed by atoms with Crippen molar-refractivity contribution < 1.29 is 9.59 Å². The Hall–Kier alpha value is -1.10. The fraction of sp³-hybridized carbons (Fsp3) is 0.857. The molecule has 1 saturated carbocycles. The van der Waals surface area contributed by atoms with E-state index in [1.54, 1.807) is 6.92 Å². The second-order valence-corrected chi connectivity index (χ2v) is 5.51. The molecule has 2 fully saturated rings. The normalized spacial score (nSPS) is 20.4. The van der Waals surface area contributed by atoms with Gasteiger partial charge in [-0.1, -0.05) is 6.92 Å². The first-order valence-corrected chi connectivity index (χ1v) is 7.39. The van der Waals surface area contributed by atoms with E-state index in [9.17, 15) is 9.59 Å². The third-order valence-corrected chi connectivity index (χ3v) is 4.13. The molecule has 2 amide bonds. The molecule has 0 bridgehead atoms. The maximum atomic E-state index is 12.1. The minimum absolute atomic E-state index is 0.103. The lowest BCUT2D eigenvalue weighted by Gasteiger charge is -2.34. The fourth-order valence-corrected chi connectivity index (χ4v) is 2.67. The third kappa shape index (κ3) is 3.93. The molecule has 0 unspecified atom stereocenters. The molecule has 108 valence electrons. The van der Waals surface area contributed by atoms with Crippen LogP contribution in [0.3, 0.4) is 0 Å². The van der Waals surface area contributed by atoms with Gasteiger partial charge in [-0.05, 0) is 19.4 Å². The molecule has 5 nitrogen and oxygen atoms in total. The summed E-state index contributed by atoms with van der Waals surface area (Å²) < 4.78 is 0. The molecule has 2 aliphatic rings. The lowest BCUT2D eigenvalue weighted by molar-refractivity contribution is -0.135. The van der Waals surface area contributed by atoms with E-state index in [0.717, 1.165) is 45.6 Å². The molecule has 0 aromatic rings. The van der Waals surface area contributed by atoms with Crippen molar-refractivity contribution in [1.29, 1.82) is 0 Å². The van der Waals surface area contributed by atoms with Gasteiger partial charge in [-0.3, -0.25) is 9.59 Å². The second-order valence-electron chi connectivity index (χ2n) is 5.51. The number of hydrogen-bond acceptors (Lipinski definition) is 3. The SMILES string of the molecule is CCN1CCN(C(=O)CCN(C(C)=O)C2CC2)CC1. The first-order valence-electron chi connectivity index (χ1n) is 7.39. The molecule has 1 saturated heterocycles. The highest BCUT2D eigenvalue weighted by molar-refractivity contribution is 5.78. The molecule has 0 atom stereocenters. The summed E-state index contributed by atoms with van der Waals surface area (Å²) in [6.07, 6.45) is 2.67. The van der Waals surface area contributed by atoms with Crippen molar-refractivity contribution in [3.63, 3.8) is 0 Å². The predicted octanol–water partition coefficient (Wildman–Crippen LogP) is 0.552. The zero-order valence-corrected chi connectivity index (χ0v) is 12.1. The first kappa shape index (κ1) is 14.3. The smallest absolute Gasteiger partial charge is 0.224 e. The lowest BCUT2D eigenvalue weighted by atomic mass is 10.2. The van der Waals surface area contributed by atoms with Crippen molar-refractivity contribution >= 4 is 11.8 Å². The topological polar surface area (TPSA) is 43.9 Å². The second kappa shape index (κ2) is 6.37. The molecule has 1 heterocycles. The molecule has 0 N–H and O–H groups in total. The quantitative estimate of drug-likeness (QED) is 0.731. The third-order valence-electron chi connectivity index (χ3n) is 4.13. The van der Waals surface area contributed by atoms with Crippen molar-refractivity contribution in [1.82, 2.24) is 14.7 Å². The minimum Gasteiger partial charge on any atom is -0.340 e. The molecule has 0 spiro atoms. The number of carbonyl (C=O) groups is 2. The van der Waals surface area contributed by atoms with Crippen LogP contribution in [0.2, 0.25) is 0 Å². The highest BCUT2D eigenvalue weighted by Gasteiger charge is 2.31. The number of rotatable bonds is 5. The molecule has 0 aromatic heterocycles. The fourth-order valence-electron chi connectivity index (χ4n) is 2.67. The van der Waals surface area contributed by atoms with Crippen LogP contribution < -0.4 is 0 Å². The van der Waals surface area contributed by atoms with E-state index in [0.29, 0.717) is 19.0 Å². The molecule has 5 heteroatoms. The zero-order chi connectivity index (χ0) is 13.8. The summed E-state index contributed by atoms with van der Waals surface area (Å²) in [6.45, 7) is 9.00. The van der Waals surface area contributed by atoms with E-state index in [1.165, 1.54) is 0 Å². The number of hydrogen-bond donors (Lipinski definition) is 0. The van der Waals surface area contributed by atoms with Crippen LogP contribution in [0.1, 0.15) is 33.1 Å². The maximum Gasteiger partial charge on any atom is 0.224 e. The van der Waals surface area contributed by atoms with Crippen LogP contribution in [0.4, 0.5) is 0 Å². The van der Waals surface area contributed by atoms with Gasteiger partial charge in [0.25, 0.3) is 0 Å². The summed E-state index contributed by atoms with van der Waals surface area (Å²) in [5, 5.41) is 0. The van der Waals surface area contributed by atoms with Gasteiger partial charge in [0.2, 0.25) is 11.8 Å². The first-order chi connectivity index (χ1) is 9.11. The molecular formula is C14H25N3O2. The highest BCUT2D eigenvalue weighted by atomic mass is 16.2. The summed E-state index contributed by atoms with van der Waals surface area (Å²) >= 11 is 0. The van der Waals surface area contributed by atoms with Crippen LogP contribution in [-0.4, -0.2) is 71.8 Å². The van der Waals surface area contributed by atoms with Crippen molar-refractivity contribution in [2.24, 2.45) is 0 Å². The van der Waals surface area contributed by atoms with Gasteiger partial charge in [-0.2, -0.15) is 0 Å². The molecular weight excluding hydrogens is 242 g/mol. The number of likely N-dealkylation sites (N-methyl/N-ethyl adjacent to an activating group) is 1. The Morgan fingerprint density at radius 2 is 1.79 bits per heavy atom. The average Bonchev–Trinajstić information content (AvgIpc) is 3.23. The minimum atomic E-state index is 0.103. The van der Waals surface area contributed by atoms with Crippen molar-refractivity contribution in [2.75, 3.05) is 39.3 Å². The molecule has 1 aliphatic heterocycles. The van der Waals surface area contributed by atoms with Gasteiger partial charge < -0.3 is 14.7 Å². The van der Waals surface area contributed by atoms with Crippen LogP contribution in [-0.2, 0) is 9.59 Å². The summed E-state index contributed by atoms with van der Waals surface area (Å²) in [5.41, 5.74) is 0. The number of carbonyl (C=O) groups excluding carboxylic acids is 2. The average molecular weight is 267 g/mol. The zero-order valence-electron chi connectivity index (χ0n) is 12.1. The Labute approximate surface area is 115 Å². The maximum absolute atomic E-state index is 12.1. The number of amides is 2. The largest absolute Gasteiger partial charge is 0.340 e. The van der Waals surface area contributed by atoms with Gasteiger partial charge >= 0.3 is 0 Å². The standard InChI is InChI=1S/C14H25N3O2/c1-3-15-8-10-16(11-9-15)14(19)6-7-17(12(2)18)13-4-5-13/h13H,3-11H2,1-2H3.